The van der Waals surface area contributed by atoms with Gasteiger partial charge in [0.05, 0.1) is 0 Å². The Hall–Kier alpha value is -3.61. The van der Waals surface area contributed by atoms with E-state index >= 15 is 0 Å². The van der Waals surface area contributed by atoms with E-state index in [1.54, 1.807) is 0 Å². The lowest BCUT2D eigenvalue weighted by Gasteiger charge is -2.59. The van der Waals surface area contributed by atoms with Crippen LogP contribution in [0.5, 0.6) is 0 Å². The third-order valence-corrected chi connectivity index (χ3v) is 7.89. The number of hydrogen-bond acceptors (Lipinski definition) is 4. The van der Waals surface area contributed by atoms with Crippen molar-refractivity contribution in [1.82, 2.24) is 10.6 Å². The summed E-state index contributed by atoms with van der Waals surface area (Å²) in [5.41, 5.74) is 3.24. The normalized spacial score (nSPS) is 19.3. The van der Waals surface area contributed by atoms with Gasteiger partial charge in [-0.05, 0) is 59.8 Å². The van der Waals surface area contributed by atoms with Crippen molar-refractivity contribution in [3.8, 4) is 11.1 Å². The number of carboxylic acid groups (broad SMARTS) is 1. The first-order chi connectivity index (χ1) is 16.9. The van der Waals surface area contributed by atoms with Crippen LogP contribution in [0.15, 0.2) is 61.2 Å². The molecule has 0 radical (unpaired) electrons. The number of hydrogen-bond donors (Lipinski definition) is 3. The lowest BCUT2D eigenvalue weighted by Crippen LogP contribution is -2.69. The van der Waals surface area contributed by atoms with Crippen molar-refractivity contribution in [2.75, 3.05) is 6.61 Å². The van der Waals surface area contributed by atoms with Crippen molar-refractivity contribution in [2.24, 2.45) is 5.41 Å². The van der Waals surface area contributed by atoms with Gasteiger partial charge in [-0.2, -0.15) is 0 Å². The van der Waals surface area contributed by atoms with E-state index in [1.807, 2.05) is 36.4 Å². The van der Waals surface area contributed by atoms with E-state index in [0.717, 1.165) is 41.5 Å². The molecule has 2 aromatic carbocycles. The summed E-state index contributed by atoms with van der Waals surface area (Å²) in [6, 6.07) is 15.1. The molecule has 0 aliphatic heterocycles. The molecule has 0 saturated heterocycles. The lowest BCUT2D eigenvalue weighted by atomic mass is 9.48. The van der Waals surface area contributed by atoms with Crippen molar-refractivity contribution >= 4 is 18.0 Å². The number of fused-ring (bicyclic) bond motifs is 3. The maximum atomic E-state index is 13.0. The van der Waals surface area contributed by atoms with Gasteiger partial charge in [0, 0.05) is 5.92 Å². The third-order valence-electron chi connectivity index (χ3n) is 7.89. The molecule has 182 valence electrons. The Morgan fingerprint density at radius 1 is 1.06 bits per heavy atom. The van der Waals surface area contributed by atoms with Gasteiger partial charge >= 0.3 is 12.1 Å². The monoisotopic (exact) mass is 474 g/mol. The molecule has 1 unspecified atom stereocenters. The predicted molar refractivity (Wildman–Crippen MR) is 131 cm³/mol. The number of benzene rings is 2. The highest BCUT2D eigenvalue weighted by Crippen LogP contribution is 2.60. The number of carbonyl (C=O) groups excluding carboxylic acids is 2. The predicted octanol–water partition coefficient (Wildman–Crippen LogP) is 4.37. The van der Waals surface area contributed by atoms with Crippen LogP contribution in [-0.2, 0) is 14.3 Å². The first kappa shape index (κ1) is 23.1. The number of ether oxygens (including phenoxy) is 1. The van der Waals surface area contributed by atoms with Gasteiger partial charge in [0.2, 0.25) is 5.91 Å². The van der Waals surface area contributed by atoms with Crippen molar-refractivity contribution < 1.29 is 24.2 Å². The average molecular weight is 475 g/mol. The van der Waals surface area contributed by atoms with Crippen LogP contribution in [0.1, 0.15) is 55.6 Å². The highest BCUT2D eigenvalue weighted by molar-refractivity contribution is 5.92. The molecule has 0 aromatic heterocycles. The molecule has 0 heterocycles. The van der Waals surface area contributed by atoms with E-state index in [0.29, 0.717) is 12.8 Å². The highest BCUT2D eigenvalue weighted by Gasteiger charge is 2.62. The molecule has 7 nitrogen and oxygen atoms in total. The molecule has 2 saturated carbocycles. The second-order valence-electron chi connectivity index (χ2n) is 10.1. The molecule has 3 aliphatic carbocycles. The minimum atomic E-state index is -1.26. The Morgan fingerprint density at radius 2 is 1.66 bits per heavy atom. The van der Waals surface area contributed by atoms with E-state index in [2.05, 4.69) is 29.3 Å². The molecule has 3 aliphatic rings. The summed E-state index contributed by atoms with van der Waals surface area (Å²) in [7, 11) is 0. The van der Waals surface area contributed by atoms with E-state index < -0.39 is 29.6 Å². The molecular weight excluding hydrogens is 444 g/mol. The summed E-state index contributed by atoms with van der Waals surface area (Å²) >= 11 is 0. The Morgan fingerprint density at radius 3 is 2.17 bits per heavy atom. The Bertz CT molecular complexity index is 1130. The topological polar surface area (TPSA) is 105 Å². The maximum absolute atomic E-state index is 13.0. The molecule has 5 rings (SSSR count). The summed E-state index contributed by atoms with van der Waals surface area (Å²) in [5, 5.41) is 15.1. The smallest absolute Gasteiger partial charge is 0.407 e. The third kappa shape index (κ3) is 4.09. The lowest BCUT2D eigenvalue weighted by molar-refractivity contribution is -0.166. The minimum Gasteiger partial charge on any atom is -0.480 e. The molecule has 35 heavy (non-hydrogen) atoms. The second-order valence-corrected chi connectivity index (χ2v) is 10.1. The van der Waals surface area contributed by atoms with Crippen molar-refractivity contribution in [2.45, 2.75) is 56.0 Å². The van der Waals surface area contributed by atoms with Crippen LogP contribution in [0.3, 0.4) is 0 Å². The van der Waals surface area contributed by atoms with Crippen molar-refractivity contribution in [3.63, 3.8) is 0 Å². The second kappa shape index (κ2) is 8.87. The summed E-state index contributed by atoms with van der Waals surface area (Å²) < 4.78 is 5.56. The van der Waals surface area contributed by atoms with Gasteiger partial charge in [0.15, 0.2) is 0 Å². The van der Waals surface area contributed by atoms with Gasteiger partial charge in [-0.3, -0.25) is 4.79 Å². The fourth-order valence-electron chi connectivity index (χ4n) is 6.06. The first-order valence-electron chi connectivity index (χ1n) is 12.1. The SMILES string of the molecule is C=CCC(NC(=O)OCC1c2ccccc2-c2ccccc21)C(=O)NC1(C(=O)O)CC2(CCC2)C1. The zero-order chi connectivity index (χ0) is 24.6. The van der Waals surface area contributed by atoms with E-state index in [9.17, 15) is 19.5 Å². The zero-order valence-electron chi connectivity index (χ0n) is 19.6. The summed E-state index contributed by atoms with van der Waals surface area (Å²) in [4.78, 5) is 37.7. The molecule has 7 heteroatoms. The van der Waals surface area contributed by atoms with Gasteiger partial charge in [-0.1, -0.05) is 61.0 Å². The molecule has 2 amide bonds. The Labute approximate surface area is 204 Å². The van der Waals surface area contributed by atoms with Crippen LogP contribution in [0.4, 0.5) is 4.79 Å². The number of carbonyl (C=O) groups is 3. The molecule has 1 atom stereocenters. The molecule has 1 spiro atoms. The maximum Gasteiger partial charge on any atom is 0.407 e. The summed E-state index contributed by atoms with van der Waals surface area (Å²) in [6.07, 6.45) is 4.96. The van der Waals surface area contributed by atoms with Crippen LogP contribution < -0.4 is 10.6 Å². The average Bonchev–Trinajstić information content (AvgIpc) is 3.11. The Balaban J connectivity index is 1.22. The van der Waals surface area contributed by atoms with Gasteiger partial charge in [0.25, 0.3) is 0 Å². The molecule has 3 N–H and O–H groups in total. The quantitative estimate of drug-likeness (QED) is 0.493. The first-order valence-corrected chi connectivity index (χ1v) is 12.1. The van der Waals surface area contributed by atoms with Crippen LogP contribution in [0.25, 0.3) is 11.1 Å². The molecular formula is C28H30N2O5. The van der Waals surface area contributed by atoms with Gasteiger partial charge in [0.1, 0.15) is 18.2 Å². The molecule has 0 bridgehead atoms. The number of amides is 2. The molecule has 2 aromatic rings. The van der Waals surface area contributed by atoms with Crippen LogP contribution in [-0.4, -0.2) is 41.3 Å². The van der Waals surface area contributed by atoms with Crippen LogP contribution >= 0.6 is 0 Å². The van der Waals surface area contributed by atoms with Crippen molar-refractivity contribution in [1.29, 1.82) is 0 Å². The fraction of sp³-hybridized carbons (Fsp3) is 0.393. The van der Waals surface area contributed by atoms with E-state index in [1.165, 1.54) is 6.08 Å². The van der Waals surface area contributed by atoms with Gasteiger partial charge < -0.3 is 20.5 Å². The van der Waals surface area contributed by atoms with Crippen LogP contribution in [0.2, 0.25) is 0 Å². The highest BCUT2D eigenvalue weighted by atomic mass is 16.5. The number of carboxylic acids is 1. The Kier molecular flexibility index (Phi) is 5.87. The molecule has 2 fully saturated rings. The number of nitrogens with one attached hydrogen (secondary N) is 2. The largest absolute Gasteiger partial charge is 0.480 e. The summed E-state index contributed by atoms with van der Waals surface area (Å²) in [5.74, 6) is -1.65. The fourth-order valence-corrected chi connectivity index (χ4v) is 6.06. The zero-order valence-corrected chi connectivity index (χ0v) is 19.6. The van der Waals surface area contributed by atoms with Crippen LogP contribution in [0, 0.1) is 5.41 Å². The number of rotatable bonds is 8. The van der Waals surface area contributed by atoms with Gasteiger partial charge in [-0.15, -0.1) is 6.58 Å². The minimum absolute atomic E-state index is 0.0554. The standard InChI is InChI=1S/C28H30N2O5/c1-2-8-23(24(31)30-28(25(32)33)16-27(17-28)13-7-14-27)29-26(34)35-15-22-20-11-5-3-9-18(20)19-10-4-6-12-21(19)22/h2-6,9-12,22-23H,1,7-8,13-17H2,(H,29,34)(H,30,31)(H,32,33). The van der Waals surface area contributed by atoms with Gasteiger partial charge in [-0.25, -0.2) is 9.59 Å². The van der Waals surface area contributed by atoms with E-state index in [-0.39, 0.29) is 24.4 Å². The number of aliphatic carboxylic acids is 1. The van der Waals surface area contributed by atoms with E-state index in [4.69, 9.17) is 4.74 Å². The summed E-state index contributed by atoms with van der Waals surface area (Å²) in [6.45, 7) is 3.80. The van der Waals surface area contributed by atoms with Crippen molar-refractivity contribution in [3.05, 3.63) is 72.3 Å². The number of alkyl carbamates (subject to hydrolysis) is 1.